The maximum absolute atomic E-state index is 5.48. The van der Waals surface area contributed by atoms with Gasteiger partial charge in [0.05, 0.1) is 22.4 Å². The van der Waals surface area contributed by atoms with Crippen LogP contribution in [-0.4, -0.2) is 9.97 Å². The van der Waals surface area contributed by atoms with Crippen LogP contribution in [0.2, 0.25) is 0 Å². The molecule has 2 aromatic heterocycles. The van der Waals surface area contributed by atoms with E-state index < -0.39 is 0 Å². The maximum atomic E-state index is 5.48. The maximum Gasteiger partial charge on any atom is 0.0979 e. The van der Waals surface area contributed by atoms with E-state index >= 15 is 0 Å². The van der Waals surface area contributed by atoms with Gasteiger partial charge in [-0.2, -0.15) is 0 Å². The summed E-state index contributed by atoms with van der Waals surface area (Å²) in [7, 11) is 0. The fourth-order valence-corrected chi connectivity index (χ4v) is 9.22. The molecule has 9 aromatic carbocycles. The van der Waals surface area contributed by atoms with Crippen LogP contribution < -0.4 is 4.90 Å². The van der Waals surface area contributed by atoms with Gasteiger partial charge in [-0.1, -0.05) is 140 Å². The summed E-state index contributed by atoms with van der Waals surface area (Å²) in [6.45, 7) is 0. The van der Waals surface area contributed by atoms with Crippen LogP contribution in [0.5, 0.6) is 0 Å². The number of thiophene rings is 1. The monoisotopic (exact) mass is 731 g/mol. The minimum absolute atomic E-state index is 0.879. The molecule has 0 saturated carbocycles. The van der Waals surface area contributed by atoms with Gasteiger partial charge in [0.15, 0.2) is 0 Å². The molecule has 0 fully saturated rings. The van der Waals surface area contributed by atoms with Gasteiger partial charge in [-0.05, 0) is 87.9 Å². The largest absolute Gasteiger partial charge is 0.310 e. The second-order valence-corrected chi connectivity index (χ2v) is 15.3. The van der Waals surface area contributed by atoms with Crippen molar-refractivity contribution in [1.82, 2.24) is 9.97 Å². The average Bonchev–Trinajstić information content (AvgIpc) is 3.65. The second-order valence-electron chi connectivity index (χ2n) is 14.2. The molecule has 0 aliphatic heterocycles. The Labute approximate surface area is 328 Å². The van der Waals surface area contributed by atoms with Crippen molar-refractivity contribution in [2.45, 2.75) is 0 Å². The van der Waals surface area contributed by atoms with Crippen LogP contribution in [0.1, 0.15) is 0 Å². The highest BCUT2D eigenvalue weighted by molar-refractivity contribution is 7.25. The van der Waals surface area contributed by atoms with Crippen LogP contribution in [-0.2, 0) is 0 Å². The van der Waals surface area contributed by atoms with Crippen molar-refractivity contribution in [1.29, 1.82) is 0 Å². The number of fused-ring (bicyclic) bond motifs is 8. The number of anilines is 3. The van der Waals surface area contributed by atoms with Crippen molar-refractivity contribution in [3.05, 3.63) is 200 Å². The fourth-order valence-electron chi connectivity index (χ4n) is 8.13. The van der Waals surface area contributed by atoms with E-state index in [1.807, 2.05) is 23.5 Å². The number of aromatic nitrogens is 2. The summed E-state index contributed by atoms with van der Waals surface area (Å²) in [5.41, 5.74) is 11.3. The zero-order valence-electron chi connectivity index (χ0n) is 30.3. The van der Waals surface area contributed by atoms with Crippen molar-refractivity contribution >= 4 is 81.1 Å². The van der Waals surface area contributed by atoms with E-state index in [4.69, 9.17) is 9.97 Å². The molecule has 0 spiro atoms. The summed E-state index contributed by atoms with van der Waals surface area (Å²) in [6.07, 6.45) is 0. The van der Waals surface area contributed by atoms with Gasteiger partial charge in [0.25, 0.3) is 0 Å². The highest BCUT2D eigenvalue weighted by atomic mass is 32.1. The third kappa shape index (κ3) is 5.50. The smallest absolute Gasteiger partial charge is 0.0979 e. The van der Waals surface area contributed by atoms with Gasteiger partial charge >= 0.3 is 0 Å². The number of rotatable bonds is 6. The summed E-state index contributed by atoms with van der Waals surface area (Å²) < 4.78 is 2.60. The molecule has 0 amide bonds. The van der Waals surface area contributed by atoms with Crippen LogP contribution >= 0.6 is 11.3 Å². The van der Waals surface area contributed by atoms with Gasteiger partial charge in [0.1, 0.15) is 0 Å². The van der Waals surface area contributed by atoms with Gasteiger partial charge < -0.3 is 4.90 Å². The van der Waals surface area contributed by atoms with E-state index in [1.165, 1.54) is 25.6 Å². The Balaban J connectivity index is 1.09. The zero-order valence-corrected chi connectivity index (χ0v) is 31.1. The number of nitrogens with zero attached hydrogens (tertiary/aromatic N) is 3. The fraction of sp³-hybridized carbons (Fsp3) is 0. The molecular weight excluding hydrogens is 699 g/mol. The molecule has 11 aromatic rings. The lowest BCUT2D eigenvalue weighted by Crippen LogP contribution is -2.09. The van der Waals surface area contributed by atoms with Gasteiger partial charge in [-0.15, -0.1) is 11.3 Å². The number of para-hydroxylation sites is 1. The molecule has 3 nitrogen and oxygen atoms in total. The van der Waals surface area contributed by atoms with Crippen LogP contribution in [0.4, 0.5) is 17.1 Å². The van der Waals surface area contributed by atoms with Crippen molar-refractivity contribution in [3.8, 4) is 33.6 Å². The van der Waals surface area contributed by atoms with Crippen LogP contribution in [0.25, 0.3) is 86.4 Å². The van der Waals surface area contributed by atoms with E-state index in [-0.39, 0.29) is 0 Å². The van der Waals surface area contributed by atoms with Gasteiger partial charge in [-0.25, -0.2) is 9.97 Å². The van der Waals surface area contributed by atoms with E-state index in [9.17, 15) is 0 Å². The molecule has 0 bridgehead atoms. The first kappa shape index (κ1) is 32.3. The lowest BCUT2D eigenvalue weighted by molar-refractivity contribution is 1.29. The van der Waals surface area contributed by atoms with E-state index in [1.54, 1.807) is 0 Å². The molecule has 0 aliphatic rings. The molecule has 0 saturated heterocycles. The minimum atomic E-state index is 0.879. The lowest BCUT2D eigenvalue weighted by atomic mass is 9.95. The quantitative estimate of drug-likeness (QED) is 0.159. The van der Waals surface area contributed by atoms with Crippen molar-refractivity contribution < 1.29 is 0 Å². The predicted octanol–water partition coefficient (Wildman–Crippen LogP) is 14.8. The van der Waals surface area contributed by atoms with Crippen LogP contribution in [0.3, 0.4) is 0 Å². The molecule has 2 heterocycles. The minimum Gasteiger partial charge on any atom is -0.310 e. The summed E-state index contributed by atoms with van der Waals surface area (Å²) in [5.74, 6) is 0. The summed E-state index contributed by atoms with van der Waals surface area (Å²) in [4.78, 5) is 13.2. The molecule has 262 valence electrons. The van der Waals surface area contributed by atoms with Crippen LogP contribution in [0, 0.1) is 0 Å². The molecule has 0 aliphatic carbocycles. The van der Waals surface area contributed by atoms with Gasteiger partial charge in [0.2, 0.25) is 0 Å². The highest BCUT2D eigenvalue weighted by Crippen LogP contribution is 2.42. The molecule has 0 atom stereocenters. The Kier molecular flexibility index (Phi) is 7.68. The first-order chi connectivity index (χ1) is 27.7. The van der Waals surface area contributed by atoms with Crippen LogP contribution in [0.15, 0.2) is 200 Å². The average molecular weight is 732 g/mol. The normalized spacial score (nSPS) is 11.6. The summed E-state index contributed by atoms with van der Waals surface area (Å²) in [5, 5.41) is 7.16. The van der Waals surface area contributed by atoms with Crippen molar-refractivity contribution in [2.24, 2.45) is 0 Å². The molecular formula is C52H33N3S. The number of hydrogen-bond donors (Lipinski definition) is 0. The molecule has 4 heteroatoms. The molecule has 56 heavy (non-hydrogen) atoms. The standard InChI is InChI=1S/C52H33N3S/c1-4-13-36(14-5-1)50-51(37-15-6-2-7-16-37)54-52-46(53-50)29-27-35-25-23-34-24-26-39(32-44(34)49(35)52)38-17-12-20-41(31-38)55(40-18-8-3-9-19-40)42-28-30-48-45(33-42)43-21-10-11-22-47(43)56-48/h1-33H. The van der Waals surface area contributed by atoms with E-state index in [0.717, 1.165) is 77.9 Å². The Morgan fingerprint density at radius 2 is 0.946 bits per heavy atom. The third-order valence-electron chi connectivity index (χ3n) is 10.8. The topological polar surface area (TPSA) is 29.0 Å². The lowest BCUT2D eigenvalue weighted by Gasteiger charge is -2.26. The summed E-state index contributed by atoms with van der Waals surface area (Å²) in [6, 6.07) is 71.5. The third-order valence-corrected chi connectivity index (χ3v) is 12.0. The first-order valence-electron chi connectivity index (χ1n) is 18.9. The summed E-state index contributed by atoms with van der Waals surface area (Å²) >= 11 is 1.85. The van der Waals surface area contributed by atoms with Gasteiger partial charge in [0, 0.05) is 53.7 Å². The van der Waals surface area contributed by atoms with Gasteiger partial charge in [-0.3, -0.25) is 0 Å². The van der Waals surface area contributed by atoms with E-state index in [0.29, 0.717) is 0 Å². The number of benzene rings is 9. The van der Waals surface area contributed by atoms with Crippen molar-refractivity contribution in [3.63, 3.8) is 0 Å². The SMILES string of the molecule is c1ccc(-c2nc3ccc4ccc5ccc(-c6cccc(N(c7ccccc7)c7ccc8sc9ccccc9c8c7)c6)cc5c4c3nc2-c2ccccc2)cc1. The zero-order chi connectivity index (χ0) is 37.0. The molecule has 0 unspecified atom stereocenters. The molecule has 0 radical (unpaired) electrons. The first-order valence-corrected chi connectivity index (χ1v) is 19.7. The second kappa shape index (κ2) is 13.3. The number of hydrogen-bond acceptors (Lipinski definition) is 4. The molecule has 0 N–H and O–H groups in total. The Hall–Kier alpha value is -7.14. The Bertz CT molecular complexity index is 3250. The Morgan fingerprint density at radius 1 is 0.357 bits per heavy atom. The Morgan fingerprint density at radius 3 is 1.75 bits per heavy atom. The predicted molar refractivity (Wildman–Crippen MR) is 238 cm³/mol. The molecule has 11 rings (SSSR count). The highest BCUT2D eigenvalue weighted by Gasteiger charge is 2.18. The van der Waals surface area contributed by atoms with Crippen molar-refractivity contribution in [2.75, 3.05) is 4.90 Å². The van der Waals surface area contributed by atoms with E-state index in [2.05, 4.69) is 193 Å².